The van der Waals surface area contributed by atoms with Crippen molar-refractivity contribution in [3.63, 3.8) is 0 Å². The van der Waals surface area contributed by atoms with E-state index in [-0.39, 0.29) is 45.5 Å². The van der Waals surface area contributed by atoms with Crippen LogP contribution in [0.1, 0.15) is 8.42 Å². The van der Waals surface area contributed by atoms with Gasteiger partial charge in [-0.1, -0.05) is 17.7 Å². The fourth-order valence-corrected chi connectivity index (χ4v) is 1.19. The summed E-state index contributed by atoms with van der Waals surface area (Å²) >= 11 is 0. The molecule has 1 N–H and O–H groups in total. The van der Waals surface area contributed by atoms with Gasteiger partial charge in [-0.15, -0.1) is 0 Å². The second-order valence-electron chi connectivity index (χ2n) is 2.29. The zero-order valence-electron chi connectivity index (χ0n) is 8.69. The predicted molar refractivity (Wildman–Crippen MR) is 49.0 cm³/mol. The quantitative estimate of drug-likeness (QED) is 0.562. The molecule has 64 valence electrons. The largest absolute Gasteiger partial charge is 2.00 e. The maximum absolute atomic E-state index is 10.5. The molecule has 0 spiro atoms. The van der Waals surface area contributed by atoms with Crippen LogP contribution in [0.3, 0.4) is 0 Å². The Bertz CT molecular complexity index is 350. The predicted octanol–water partition coefficient (Wildman–Crippen LogP) is 1.09. The van der Waals surface area contributed by atoms with E-state index in [9.17, 15) is 8.42 Å². The topological polar surface area (TPSA) is 54.4 Å². The summed E-state index contributed by atoms with van der Waals surface area (Å²) in [7, 11) is -4.02. The molecule has 5 heteroatoms. The average Bonchev–Trinajstić information content (AvgIpc) is 1.86. The second kappa shape index (κ2) is 4.58. The van der Waals surface area contributed by atoms with Crippen molar-refractivity contribution in [1.29, 1.82) is 0 Å². The van der Waals surface area contributed by atoms with E-state index in [0.29, 0.717) is 0 Å². The number of hydrogen-bond donors (Lipinski definition) is 1. The molecule has 3 nitrogen and oxygen atoms in total. The monoisotopic (exact) mass is 214 g/mol. The smallest absolute Gasteiger partial charge is 1.00 e. The van der Waals surface area contributed by atoms with Gasteiger partial charge in [-0.25, -0.2) is 0 Å². The number of rotatable bonds is 1. The molecule has 1 aromatic carbocycles. The molecule has 0 saturated carbocycles. The first-order chi connectivity index (χ1) is 5.00. The molecule has 0 aliphatic carbocycles. The third-order valence-corrected chi connectivity index (χ3v) is 2.19. The first kappa shape index (κ1) is 12.4. The van der Waals surface area contributed by atoms with Crippen LogP contribution in [0.15, 0.2) is 29.2 Å². The Morgan fingerprint density at radius 1 is 1.25 bits per heavy atom. The van der Waals surface area contributed by atoms with Crippen molar-refractivity contribution < 1.29 is 15.8 Å². The fraction of sp³-hybridized carbons (Fsp3) is 0.143. The van der Waals surface area contributed by atoms with Gasteiger partial charge >= 0.3 is 37.7 Å². The Labute approximate surface area is 105 Å². The number of aryl methyl sites for hydroxylation is 1. The van der Waals surface area contributed by atoms with Crippen LogP contribution < -0.4 is 0 Å². The molecule has 0 amide bonds. The van der Waals surface area contributed by atoms with Gasteiger partial charge in [0.1, 0.15) is 0 Å². The van der Waals surface area contributed by atoms with Crippen LogP contribution in [0.2, 0.25) is 0 Å². The Balaban J connectivity index is -0.000000403. The van der Waals surface area contributed by atoms with Gasteiger partial charge in [0.2, 0.25) is 0 Å². The summed E-state index contributed by atoms with van der Waals surface area (Å²) in [6.07, 6.45) is 0. The molecule has 0 heterocycles. The van der Waals surface area contributed by atoms with E-state index in [4.69, 9.17) is 4.55 Å². The summed E-state index contributed by atoms with van der Waals surface area (Å²) in [5, 5.41) is 0. The van der Waals surface area contributed by atoms with Crippen LogP contribution in [0.25, 0.3) is 0 Å². The van der Waals surface area contributed by atoms with Crippen LogP contribution in [0, 0.1) is 6.92 Å². The first-order valence-corrected chi connectivity index (χ1v) is 4.48. The summed E-state index contributed by atoms with van der Waals surface area (Å²) in [6, 6.07) is 5.99. The van der Waals surface area contributed by atoms with Crippen molar-refractivity contribution in [2.24, 2.45) is 0 Å². The summed E-state index contributed by atoms with van der Waals surface area (Å²) in [5.41, 5.74) is 0.956. The molecule has 0 unspecified atom stereocenters. The van der Waals surface area contributed by atoms with E-state index in [1.54, 1.807) is 12.1 Å². The van der Waals surface area contributed by atoms with Gasteiger partial charge in [0.25, 0.3) is 10.1 Å². The standard InChI is InChI=1S/C7H8O3S.Ca.2H/c1-6-2-4-7(5-3-6)11(8,9)10;;;/h2-5H,1H3,(H,8,9,10);;;/q;+2;2*-1. The molecule has 0 aliphatic heterocycles. The SMILES string of the molecule is Cc1ccc(S(=O)(=O)O)cc1.[Ca+2].[H-].[H-]. The molecule has 0 aliphatic rings. The average molecular weight is 214 g/mol. The van der Waals surface area contributed by atoms with Crippen LogP contribution in [-0.4, -0.2) is 50.7 Å². The summed E-state index contributed by atoms with van der Waals surface area (Å²) < 4.78 is 29.6. The van der Waals surface area contributed by atoms with E-state index < -0.39 is 10.1 Å². The van der Waals surface area contributed by atoms with Crippen LogP contribution in [-0.2, 0) is 10.1 Å². The van der Waals surface area contributed by atoms with Crippen molar-refractivity contribution in [3.05, 3.63) is 29.8 Å². The van der Waals surface area contributed by atoms with Gasteiger partial charge in [0, 0.05) is 0 Å². The zero-order valence-corrected chi connectivity index (χ0v) is 9.71. The minimum absolute atomic E-state index is 0. The number of benzene rings is 1. The molecule has 0 radical (unpaired) electrons. The third kappa shape index (κ3) is 3.41. The van der Waals surface area contributed by atoms with E-state index in [0.717, 1.165) is 5.56 Å². The molecule has 1 rings (SSSR count). The van der Waals surface area contributed by atoms with Gasteiger partial charge < -0.3 is 2.85 Å². The maximum Gasteiger partial charge on any atom is 2.00 e. The molecule has 12 heavy (non-hydrogen) atoms. The van der Waals surface area contributed by atoms with E-state index in [1.807, 2.05) is 6.92 Å². The van der Waals surface area contributed by atoms with Crippen molar-refractivity contribution >= 4 is 47.9 Å². The van der Waals surface area contributed by atoms with Crippen LogP contribution in [0.4, 0.5) is 0 Å². The molecule has 0 bridgehead atoms. The molecule has 0 atom stereocenters. The number of hydrogen-bond acceptors (Lipinski definition) is 2. The minimum atomic E-state index is -4.02. The van der Waals surface area contributed by atoms with Crippen molar-refractivity contribution in [1.82, 2.24) is 0 Å². The van der Waals surface area contributed by atoms with E-state index >= 15 is 0 Å². The molecule has 0 saturated heterocycles. The first-order valence-electron chi connectivity index (χ1n) is 3.04. The summed E-state index contributed by atoms with van der Waals surface area (Å²) in [6.45, 7) is 1.84. The Hall–Kier alpha value is 0.390. The Morgan fingerprint density at radius 3 is 2.00 bits per heavy atom. The van der Waals surface area contributed by atoms with Crippen molar-refractivity contribution in [2.75, 3.05) is 0 Å². The van der Waals surface area contributed by atoms with Gasteiger partial charge in [0.15, 0.2) is 0 Å². The van der Waals surface area contributed by atoms with Crippen molar-refractivity contribution in [3.8, 4) is 0 Å². The van der Waals surface area contributed by atoms with Gasteiger partial charge in [-0.2, -0.15) is 8.42 Å². The van der Waals surface area contributed by atoms with Gasteiger partial charge in [0.05, 0.1) is 4.90 Å². The Kier molecular flexibility index (Phi) is 4.73. The minimum Gasteiger partial charge on any atom is -1.00 e. The molecule has 0 aromatic heterocycles. The van der Waals surface area contributed by atoms with E-state index in [1.165, 1.54) is 12.1 Å². The molecule has 0 fully saturated rings. The fourth-order valence-electron chi connectivity index (χ4n) is 0.710. The van der Waals surface area contributed by atoms with Gasteiger partial charge in [-0.05, 0) is 19.1 Å². The van der Waals surface area contributed by atoms with Crippen LogP contribution >= 0.6 is 0 Å². The normalized spacial score (nSPS) is 10.5. The summed E-state index contributed by atoms with van der Waals surface area (Å²) in [5.74, 6) is 0. The summed E-state index contributed by atoms with van der Waals surface area (Å²) in [4.78, 5) is -0.0666. The third-order valence-electron chi connectivity index (χ3n) is 1.32. The van der Waals surface area contributed by atoms with Crippen molar-refractivity contribution in [2.45, 2.75) is 11.8 Å². The van der Waals surface area contributed by atoms with Gasteiger partial charge in [-0.3, -0.25) is 4.55 Å². The zero-order chi connectivity index (χ0) is 8.48. The molecule has 1 aromatic rings. The Morgan fingerprint density at radius 2 is 1.67 bits per heavy atom. The molecular formula is C7H10CaO3S. The second-order valence-corrected chi connectivity index (χ2v) is 3.71. The van der Waals surface area contributed by atoms with Crippen LogP contribution in [0.5, 0.6) is 0 Å². The maximum atomic E-state index is 10.5. The van der Waals surface area contributed by atoms with E-state index in [2.05, 4.69) is 0 Å². The molecular weight excluding hydrogens is 204 g/mol.